The van der Waals surface area contributed by atoms with Crippen LogP contribution in [0.5, 0.6) is 0 Å². The molecule has 38 heavy (non-hydrogen) atoms. The molecule has 0 atom stereocenters. The van der Waals surface area contributed by atoms with E-state index in [-0.39, 0.29) is 45.4 Å². The first-order valence-corrected chi connectivity index (χ1v) is 11.4. The minimum atomic E-state index is -4.81. The third-order valence-electron chi connectivity index (χ3n) is 5.60. The van der Waals surface area contributed by atoms with E-state index < -0.39 is 23.6 Å². The lowest BCUT2D eigenvalue weighted by molar-refractivity contribution is -0.144. The number of allylic oxidation sites excluding steroid dienone is 5. The number of hydrogen-bond acceptors (Lipinski definition) is 6. The summed E-state index contributed by atoms with van der Waals surface area (Å²) in [6, 6.07) is 7.61. The summed E-state index contributed by atoms with van der Waals surface area (Å²) in [5, 5.41) is 3.17. The predicted molar refractivity (Wildman–Crippen MR) is 137 cm³/mol. The molecule has 11 heteroatoms. The molecule has 4 rings (SSSR count). The van der Waals surface area contributed by atoms with Crippen molar-refractivity contribution in [3.63, 3.8) is 0 Å². The minimum absolute atomic E-state index is 0.0292. The molecule has 0 radical (unpaired) electrons. The molecular weight excluding hydrogens is 503 g/mol. The van der Waals surface area contributed by atoms with Crippen LogP contribution in [0.2, 0.25) is 0 Å². The van der Waals surface area contributed by atoms with Gasteiger partial charge in [-0.25, -0.2) is 23.7 Å². The number of anilines is 2. The van der Waals surface area contributed by atoms with Crippen LogP contribution in [0.25, 0.3) is 22.5 Å². The highest BCUT2D eigenvalue weighted by molar-refractivity contribution is 5.83. The van der Waals surface area contributed by atoms with E-state index in [1.807, 2.05) is 0 Å². The molecule has 0 aliphatic heterocycles. The Morgan fingerprint density at radius 2 is 1.71 bits per heavy atom. The number of aromatic nitrogens is 3. The van der Waals surface area contributed by atoms with Crippen molar-refractivity contribution in [2.24, 2.45) is 0 Å². The minimum Gasteiger partial charge on any atom is -0.397 e. The van der Waals surface area contributed by atoms with Crippen LogP contribution in [-0.2, 0) is 6.18 Å². The molecule has 1 aliphatic carbocycles. The van der Waals surface area contributed by atoms with Gasteiger partial charge in [0.15, 0.2) is 0 Å². The van der Waals surface area contributed by atoms with Crippen molar-refractivity contribution in [1.29, 1.82) is 0 Å². The number of pyridine rings is 1. The summed E-state index contributed by atoms with van der Waals surface area (Å²) in [5.74, 6) is -3.32. The van der Waals surface area contributed by atoms with Crippen LogP contribution in [0.4, 0.5) is 33.5 Å². The number of alkyl halides is 3. The molecule has 0 amide bonds. The second kappa shape index (κ2) is 10.4. The van der Waals surface area contributed by atoms with Gasteiger partial charge in [-0.2, -0.15) is 13.2 Å². The second-order valence-corrected chi connectivity index (χ2v) is 8.37. The third kappa shape index (κ3) is 5.56. The molecule has 2 heterocycles. The van der Waals surface area contributed by atoms with Gasteiger partial charge in [-0.15, -0.1) is 0 Å². The molecule has 6 nitrogen and oxygen atoms in total. The fraction of sp³-hybridized carbons (Fsp3) is 0.148. The molecule has 2 aromatic heterocycles. The zero-order valence-electron chi connectivity index (χ0n) is 20.2. The van der Waals surface area contributed by atoms with Gasteiger partial charge < -0.3 is 16.8 Å². The van der Waals surface area contributed by atoms with E-state index in [0.717, 1.165) is 17.7 Å². The van der Waals surface area contributed by atoms with Gasteiger partial charge in [0.2, 0.25) is 5.82 Å². The maximum absolute atomic E-state index is 14.5. The smallest absolute Gasteiger partial charge is 0.397 e. The van der Waals surface area contributed by atoms with Crippen molar-refractivity contribution >= 4 is 22.8 Å². The zero-order chi connectivity index (χ0) is 27.6. The van der Waals surface area contributed by atoms with Crippen molar-refractivity contribution in [3.05, 3.63) is 101 Å². The summed E-state index contributed by atoms with van der Waals surface area (Å²) >= 11 is 0. The monoisotopic (exact) mass is 526 g/mol. The first-order chi connectivity index (χ1) is 18.0. The Morgan fingerprint density at radius 3 is 2.29 bits per heavy atom. The Hall–Kier alpha value is -4.54. The van der Waals surface area contributed by atoms with E-state index in [2.05, 4.69) is 26.8 Å². The van der Waals surface area contributed by atoms with Gasteiger partial charge in [0.25, 0.3) is 0 Å². The van der Waals surface area contributed by atoms with Gasteiger partial charge in [0, 0.05) is 17.3 Å². The van der Waals surface area contributed by atoms with Crippen LogP contribution in [0.1, 0.15) is 37.0 Å². The number of nitrogen functional groups attached to an aromatic ring is 2. The SMILES string of the molecule is C=C/C(NC(=C1CC1)c1nc(-c2c(F)cccc2F)ccc1N)=C(\C=C/C)c1cc(N)nc(C(F)(F)F)n1. The van der Waals surface area contributed by atoms with Crippen LogP contribution >= 0.6 is 0 Å². The van der Waals surface area contributed by atoms with Gasteiger partial charge in [0.1, 0.15) is 23.1 Å². The highest BCUT2D eigenvalue weighted by atomic mass is 19.4. The standard InChI is InChI=1S/C27H23F5N6/c1-3-6-15(21-13-22(34)38-26(37-21)27(30,31)32)19(4-2)35-24(14-9-10-14)25-18(33)11-12-20(36-25)23-16(28)7-5-8-17(23)29/h3-8,11-13,35H,2,9-10,33H2,1H3,(H2,34,37,38)/b6-3-,19-15-. The Labute approximate surface area is 215 Å². The fourth-order valence-corrected chi connectivity index (χ4v) is 3.75. The lowest BCUT2D eigenvalue weighted by Gasteiger charge is -2.18. The van der Waals surface area contributed by atoms with Crippen LogP contribution < -0.4 is 16.8 Å². The topological polar surface area (TPSA) is 103 Å². The maximum atomic E-state index is 14.5. The number of hydrogen-bond donors (Lipinski definition) is 3. The molecule has 0 spiro atoms. The second-order valence-electron chi connectivity index (χ2n) is 8.37. The summed E-state index contributed by atoms with van der Waals surface area (Å²) in [7, 11) is 0. The first kappa shape index (κ1) is 26.5. The number of nitrogens with zero attached hydrogens (tertiary/aromatic N) is 3. The molecule has 1 aliphatic rings. The van der Waals surface area contributed by atoms with Gasteiger partial charge >= 0.3 is 6.18 Å². The average Bonchev–Trinajstić information content (AvgIpc) is 3.69. The van der Waals surface area contributed by atoms with E-state index in [9.17, 15) is 22.0 Å². The Bertz CT molecular complexity index is 1480. The fourth-order valence-electron chi connectivity index (χ4n) is 3.75. The quantitative estimate of drug-likeness (QED) is 0.248. The lowest BCUT2D eigenvalue weighted by atomic mass is 10.1. The number of rotatable bonds is 7. The van der Waals surface area contributed by atoms with Crippen molar-refractivity contribution in [2.45, 2.75) is 25.9 Å². The maximum Gasteiger partial charge on any atom is 0.451 e. The molecule has 0 unspecified atom stereocenters. The molecule has 1 saturated carbocycles. The number of halogens is 5. The molecule has 0 saturated heterocycles. The molecular formula is C27H23F5N6. The first-order valence-electron chi connectivity index (χ1n) is 11.4. The van der Waals surface area contributed by atoms with Crippen LogP contribution in [0.15, 0.2) is 72.5 Å². The van der Waals surface area contributed by atoms with Gasteiger partial charge in [-0.05, 0) is 55.7 Å². The van der Waals surface area contributed by atoms with Crippen LogP contribution in [0.3, 0.4) is 0 Å². The zero-order valence-corrected chi connectivity index (χ0v) is 20.2. The predicted octanol–water partition coefficient (Wildman–Crippen LogP) is 6.27. The average molecular weight is 527 g/mol. The molecule has 0 bridgehead atoms. The van der Waals surface area contributed by atoms with Crippen molar-refractivity contribution in [1.82, 2.24) is 20.3 Å². The number of nitrogens with one attached hydrogen (secondary N) is 1. The van der Waals surface area contributed by atoms with Gasteiger partial charge in [-0.1, -0.05) is 24.8 Å². The third-order valence-corrected chi connectivity index (χ3v) is 5.60. The van der Waals surface area contributed by atoms with Crippen molar-refractivity contribution < 1.29 is 22.0 Å². The summed E-state index contributed by atoms with van der Waals surface area (Å²) < 4.78 is 69.0. The molecule has 1 aromatic carbocycles. The molecule has 5 N–H and O–H groups in total. The molecule has 1 fully saturated rings. The number of nitrogens with two attached hydrogens (primary N) is 2. The van der Waals surface area contributed by atoms with Crippen molar-refractivity contribution in [3.8, 4) is 11.3 Å². The Kier molecular flexibility index (Phi) is 7.29. The highest BCUT2D eigenvalue weighted by Crippen LogP contribution is 2.38. The largest absolute Gasteiger partial charge is 0.451 e. The molecule has 3 aromatic rings. The normalized spacial score (nSPS) is 13.9. The summed E-state index contributed by atoms with van der Waals surface area (Å²) in [6.45, 7) is 5.48. The van der Waals surface area contributed by atoms with Crippen LogP contribution in [0, 0.1) is 11.6 Å². The summed E-state index contributed by atoms with van der Waals surface area (Å²) in [6.07, 6.45) is 1.15. The lowest BCUT2D eigenvalue weighted by Crippen LogP contribution is -2.17. The van der Waals surface area contributed by atoms with E-state index in [1.165, 1.54) is 30.3 Å². The summed E-state index contributed by atoms with van der Waals surface area (Å²) in [5.41, 5.74) is 13.9. The molecule has 196 valence electrons. The number of benzene rings is 1. The Morgan fingerprint density at radius 1 is 1.03 bits per heavy atom. The van der Waals surface area contributed by atoms with Gasteiger partial charge in [0.05, 0.1) is 28.3 Å². The van der Waals surface area contributed by atoms with Gasteiger partial charge in [-0.3, -0.25) is 0 Å². The van der Waals surface area contributed by atoms with E-state index in [0.29, 0.717) is 18.5 Å². The Balaban J connectivity index is 1.85. The van der Waals surface area contributed by atoms with Crippen LogP contribution in [-0.4, -0.2) is 15.0 Å². The van der Waals surface area contributed by atoms with E-state index in [1.54, 1.807) is 19.1 Å². The van der Waals surface area contributed by atoms with E-state index >= 15 is 0 Å². The van der Waals surface area contributed by atoms with E-state index in [4.69, 9.17) is 11.5 Å². The summed E-state index contributed by atoms with van der Waals surface area (Å²) in [4.78, 5) is 11.4. The van der Waals surface area contributed by atoms with Crippen molar-refractivity contribution in [2.75, 3.05) is 11.5 Å². The highest BCUT2D eigenvalue weighted by Gasteiger charge is 2.35.